The molecule has 2 aromatic carbocycles. The summed E-state index contributed by atoms with van der Waals surface area (Å²) in [5.41, 5.74) is 3.50. The van der Waals surface area contributed by atoms with Crippen molar-refractivity contribution >= 4 is 27.5 Å². The van der Waals surface area contributed by atoms with Crippen LogP contribution in [0.3, 0.4) is 0 Å². The Labute approximate surface area is 157 Å². The van der Waals surface area contributed by atoms with Crippen molar-refractivity contribution in [3.63, 3.8) is 0 Å². The van der Waals surface area contributed by atoms with Gasteiger partial charge in [-0.3, -0.25) is 4.79 Å². The van der Waals surface area contributed by atoms with Crippen LogP contribution >= 0.6 is 15.9 Å². The number of benzene rings is 2. The van der Waals surface area contributed by atoms with Crippen LogP contribution in [0.5, 0.6) is 5.75 Å². The molecule has 5 heteroatoms. The summed E-state index contributed by atoms with van der Waals surface area (Å²) in [4.78, 5) is 14.6. The number of methoxy groups -OCH3 is 1. The van der Waals surface area contributed by atoms with E-state index >= 15 is 0 Å². The fourth-order valence-electron chi connectivity index (χ4n) is 3.37. The number of aryl methyl sites for hydroxylation is 1. The van der Waals surface area contributed by atoms with Crippen molar-refractivity contribution in [2.45, 2.75) is 25.3 Å². The van der Waals surface area contributed by atoms with E-state index in [1.54, 1.807) is 7.11 Å². The van der Waals surface area contributed by atoms with Crippen LogP contribution in [0.1, 0.15) is 30.0 Å². The number of carbonyl (C=O) groups is 1. The monoisotopic (exact) mass is 402 g/mol. The van der Waals surface area contributed by atoms with Crippen molar-refractivity contribution in [3.8, 4) is 5.75 Å². The molecule has 0 aromatic heterocycles. The molecule has 4 nitrogen and oxygen atoms in total. The molecule has 0 bridgehead atoms. The van der Waals surface area contributed by atoms with Gasteiger partial charge in [-0.25, -0.2) is 0 Å². The average Bonchev–Trinajstić information content (AvgIpc) is 2.66. The van der Waals surface area contributed by atoms with Crippen LogP contribution in [0.15, 0.2) is 46.9 Å². The minimum absolute atomic E-state index is 0.0800. The summed E-state index contributed by atoms with van der Waals surface area (Å²) in [5, 5.41) is 3.21. The van der Waals surface area contributed by atoms with Crippen LogP contribution in [0.2, 0.25) is 0 Å². The maximum atomic E-state index is 12.7. The molecule has 132 valence electrons. The fraction of sp³-hybridized carbons (Fsp3) is 0.350. The zero-order chi connectivity index (χ0) is 17.8. The molecule has 1 aliphatic carbocycles. The largest absolute Gasteiger partial charge is 0.497 e. The molecule has 0 heterocycles. The van der Waals surface area contributed by atoms with Gasteiger partial charge in [-0.1, -0.05) is 24.3 Å². The first-order valence-electron chi connectivity index (χ1n) is 8.51. The summed E-state index contributed by atoms with van der Waals surface area (Å²) < 4.78 is 6.15. The Bertz CT molecular complexity index is 763. The number of carbonyl (C=O) groups excluding carboxylic acids is 1. The van der Waals surface area contributed by atoms with Gasteiger partial charge in [0.25, 0.3) is 0 Å². The van der Waals surface area contributed by atoms with E-state index < -0.39 is 0 Å². The second kappa shape index (κ2) is 7.91. The number of fused-ring (bicyclic) bond motifs is 1. The van der Waals surface area contributed by atoms with Gasteiger partial charge >= 0.3 is 0 Å². The lowest BCUT2D eigenvalue weighted by Crippen LogP contribution is -2.37. The minimum Gasteiger partial charge on any atom is -0.497 e. The van der Waals surface area contributed by atoms with Crippen LogP contribution in [0.25, 0.3) is 0 Å². The predicted molar refractivity (Wildman–Crippen MR) is 104 cm³/mol. The number of nitrogens with zero attached hydrogens (tertiary/aromatic N) is 1. The lowest BCUT2D eigenvalue weighted by molar-refractivity contribution is -0.130. The Balaban J connectivity index is 1.68. The predicted octanol–water partition coefficient (Wildman–Crippen LogP) is 4.41. The van der Waals surface area contributed by atoms with Crippen LogP contribution in [0, 0.1) is 0 Å². The van der Waals surface area contributed by atoms with E-state index in [1.165, 1.54) is 11.1 Å². The first-order valence-corrected chi connectivity index (χ1v) is 9.30. The van der Waals surface area contributed by atoms with Gasteiger partial charge in [0.05, 0.1) is 25.4 Å². The minimum atomic E-state index is 0.0800. The number of anilines is 1. The van der Waals surface area contributed by atoms with Crippen molar-refractivity contribution in [3.05, 3.63) is 58.1 Å². The maximum absolute atomic E-state index is 12.7. The smallest absolute Gasteiger partial charge is 0.242 e. The third-order valence-electron chi connectivity index (χ3n) is 4.80. The highest BCUT2D eigenvalue weighted by Gasteiger charge is 2.26. The van der Waals surface area contributed by atoms with Gasteiger partial charge < -0.3 is 15.0 Å². The number of hydrogen-bond acceptors (Lipinski definition) is 3. The SMILES string of the molecule is COc1ccc(Br)c(NCC(=O)N(C)C2CCCc3ccccc32)c1. The molecular formula is C20H23BrN2O2. The van der Waals surface area contributed by atoms with E-state index in [2.05, 4.69) is 45.5 Å². The molecule has 25 heavy (non-hydrogen) atoms. The number of halogens is 1. The summed E-state index contributed by atoms with van der Waals surface area (Å²) in [5.74, 6) is 0.837. The Kier molecular flexibility index (Phi) is 5.63. The standard InChI is InChI=1S/C20H23BrN2O2/c1-23(19-9-5-7-14-6-3-4-8-16(14)19)20(24)13-22-18-12-15(25-2)10-11-17(18)21/h3-4,6,8,10-12,19,22H,5,7,9,13H2,1-2H3. The van der Waals surface area contributed by atoms with Gasteiger partial charge in [0.2, 0.25) is 5.91 Å². The summed E-state index contributed by atoms with van der Waals surface area (Å²) in [6, 6.07) is 14.3. The zero-order valence-corrected chi connectivity index (χ0v) is 16.2. The van der Waals surface area contributed by atoms with Gasteiger partial charge in [-0.05, 0) is 58.5 Å². The van der Waals surface area contributed by atoms with E-state index in [4.69, 9.17) is 4.74 Å². The molecule has 2 aromatic rings. The topological polar surface area (TPSA) is 41.6 Å². The molecule has 1 unspecified atom stereocenters. The van der Waals surface area contributed by atoms with Crippen LogP contribution in [-0.2, 0) is 11.2 Å². The van der Waals surface area contributed by atoms with Crippen molar-refractivity contribution in [2.75, 3.05) is 26.0 Å². The first kappa shape index (κ1) is 17.8. The average molecular weight is 403 g/mol. The summed E-state index contributed by atoms with van der Waals surface area (Å²) in [7, 11) is 3.53. The van der Waals surface area contributed by atoms with Crippen molar-refractivity contribution in [1.82, 2.24) is 4.90 Å². The lowest BCUT2D eigenvalue weighted by atomic mass is 9.87. The Morgan fingerprint density at radius 2 is 2.12 bits per heavy atom. The molecule has 0 saturated carbocycles. The Hall–Kier alpha value is -2.01. The molecule has 0 aliphatic heterocycles. The normalized spacial score (nSPS) is 16.0. The van der Waals surface area contributed by atoms with Gasteiger partial charge in [0.15, 0.2) is 0 Å². The van der Waals surface area contributed by atoms with Crippen LogP contribution in [-0.4, -0.2) is 31.5 Å². The number of likely N-dealkylation sites (N-methyl/N-ethyl adjacent to an activating group) is 1. The van der Waals surface area contributed by atoms with E-state index in [-0.39, 0.29) is 18.5 Å². The number of rotatable bonds is 5. The van der Waals surface area contributed by atoms with Crippen LogP contribution < -0.4 is 10.1 Å². The van der Waals surface area contributed by atoms with Crippen molar-refractivity contribution in [2.24, 2.45) is 0 Å². The summed E-state index contributed by atoms with van der Waals surface area (Å²) in [6.07, 6.45) is 3.24. The third kappa shape index (κ3) is 3.98. The first-order chi connectivity index (χ1) is 12.1. The molecule has 1 aliphatic rings. The quantitative estimate of drug-likeness (QED) is 0.805. The highest BCUT2D eigenvalue weighted by molar-refractivity contribution is 9.10. The Morgan fingerprint density at radius 3 is 2.92 bits per heavy atom. The highest BCUT2D eigenvalue weighted by Crippen LogP contribution is 2.33. The summed E-state index contributed by atoms with van der Waals surface area (Å²) >= 11 is 3.50. The molecule has 0 saturated heterocycles. The van der Waals surface area contributed by atoms with E-state index in [9.17, 15) is 4.79 Å². The van der Waals surface area contributed by atoms with Gasteiger partial charge in [-0.15, -0.1) is 0 Å². The molecule has 1 N–H and O–H groups in total. The maximum Gasteiger partial charge on any atom is 0.242 e. The second-order valence-corrected chi connectivity index (χ2v) is 7.17. The van der Waals surface area contributed by atoms with Gasteiger partial charge in [0, 0.05) is 17.6 Å². The number of hydrogen-bond donors (Lipinski definition) is 1. The van der Waals surface area contributed by atoms with E-state index in [1.807, 2.05) is 30.1 Å². The fourth-order valence-corrected chi connectivity index (χ4v) is 3.75. The van der Waals surface area contributed by atoms with Crippen molar-refractivity contribution in [1.29, 1.82) is 0 Å². The van der Waals surface area contributed by atoms with Crippen LogP contribution in [0.4, 0.5) is 5.69 Å². The third-order valence-corrected chi connectivity index (χ3v) is 5.49. The molecule has 1 atom stereocenters. The number of amides is 1. The Morgan fingerprint density at radius 1 is 1.32 bits per heavy atom. The zero-order valence-electron chi connectivity index (χ0n) is 14.6. The van der Waals surface area contributed by atoms with Crippen molar-refractivity contribution < 1.29 is 9.53 Å². The number of ether oxygens (including phenoxy) is 1. The lowest BCUT2D eigenvalue weighted by Gasteiger charge is -2.33. The molecular weight excluding hydrogens is 380 g/mol. The van der Waals surface area contributed by atoms with Gasteiger partial charge in [0.1, 0.15) is 5.75 Å². The van der Waals surface area contributed by atoms with Gasteiger partial charge in [-0.2, -0.15) is 0 Å². The molecule has 0 spiro atoms. The molecule has 0 fully saturated rings. The molecule has 1 amide bonds. The van der Waals surface area contributed by atoms with E-state index in [0.29, 0.717) is 0 Å². The number of nitrogens with one attached hydrogen (secondary N) is 1. The van der Waals surface area contributed by atoms with E-state index in [0.717, 1.165) is 35.2 Å². The second-order valence-electron chi connectivity index (χ2n) is 6.31. The highest BCUT2D eigenvalue weighted by atomic mass is 79.9. The summed E-state index contributed by atoms with van der Waals surface area (Å²) in [6.45, 7) is 0.251. The molecule has 3 rings (SSSR count). The molecule has 0 radical (unpaired) electrons.